The number of para-hydroxylation sites is 1. The highest BCUT2D eigenvalue weighted by molar-refractivity contribution is 5.36. The molecule has 3 fully saturated rings. The van der Waals surface area contributed by atoms with Crippen LogP contribution in [0.3, 0.4) is 0 Å². The Morgan fingerprint density at radius 1 is 1.10 bits per heavy atom. The number of aromatic nitrogens is 3. The summed E-state index contributed by atoms with van der Waals surface area (Å²) in [4.78, 5) is 25.7. The molecule has 1 aliphatic heterocycles. The van der Waals surface area contributed by atoms with Crippen LogP contribution in [0.1, 0.15) is 25.4 Å². The van der Waals surface area contributed by atoms with Gasteiger partial charge in [-0.3, -0.25) is 0 Å². The number of fused-ring (bicyclic) bond motifs is 5. The molecule has 0 unspecified atom stereocenters. The Balaban J connectivity index is 1.66. The molecule has 0 amide bonds. The highest BCUT2D eigenvalue weighted by atomic mass is 16.2. The van der Waals surface area contributed by atoms with Gasteiger partial charge in [-0.25, -0.2) is 23.5 Å². The van der Waals surface area contributed by atoms with Crippen LogP contribution in [-0.2, 0) is 0 Å². The van der Waals surface area contributed by atoms with E-state index in [1.165, 1.54) is 4.57 Å². The normalized spacial score (nSPS) is 43.4. The van der Waals surface area contributed by atoms with E-state index in [1.54, 1.807) is 9.36 Å². The maximum Gasteiger partial charge on any atom is 0.352 e. The minimum Gasteiger partial charge on any atom is -0.245 e. The van der Waals surface area contributed by atoms with Gasteiger partial charge >= 0.3 is 11.4 Å². The quantitative estimate of drug-likeness (QED) is 0.788. The smallest absolute Gasteiger partial charge is 0.245 e. The molecular formula is C16H15N3O2. The Bertz CT molecular complexity index is 915. The highest BCUT2D eigenvalue weighted by Crippen LogP contribution is 2.89. The fourth-order valence-corrected chi connectivity index (χ4v) is 6.03. The maximum atomic E-state index is 12.8. The Labute approximate surface area is 120 Å². The minimum atomic E-state index is -0.158. The van der Waals surface area contributed by atoms with Crippen molar-refractivity contribution in [2.45, 2.75) is 25.4 Å². The van der Waals surface area contributed by atoms with Gasteiger partial charge in [0.2, 0.25) is 0 Å². The Kier molecular flexibility index (Phi) is 1.42. The molecule has 4 aliphatic rings. The SMILES string of the molecule is C[C@]12[C@H]3[C@H]4[C@@H](C[C@H]31)n1c(=O)n(-c3ccccc3)c(=O)n1[C@@H]42. The molecule has 5 heteroatoms. The number of nitrogens with zero attached hydrogens (tertiary/aromatic N) is 3. The molecule has 6 rings (SSSR count). The molecule has 6 atom stereocenters. The molecule has 21 heavy (non-hydrogen) atoms. The predicted octanol–water partition coefficient (Wildman–Crippen LogP) is 1.18. The zero-order valence-electron chi connectivity index (χ0n) is 11.6. The van der Waals surface area contributed by atoms with Gasteiger partial charge in [0, 0.05) is 5.92 Å². The Morgan fingerprint density at radius 2 is 1.81 bits per heavy atom. The molecule has 106 valence electrons. The monoisotopic (exact) mass is 281 g/mol. The largest absolute Gasteiger partial charge is 0.352 e. The summed E-state index contributed by atoms with van der Waals surface area (Å²) >= 11 is 0. The zero-order chi connectivity index (χ0) is 14.1. The molecule has 1 aromatic carbocycles. The molecule has 0 N–H and O–H groups in total. The lowest BCUT2D eigenvalue weighted by molar-refractivity contribution is 0.0768. The molecule has 0 radical (unpaired) electrons. The van der Waals surface area contributed by atoms with Crippen LogP contribution >= 0.6 is 0 Å². The molecule has 3 saturated carbocycles. The first kappa shape index (κ1) is 10.7. The number of hydrogen-bond acceptors (Lipinski definition) is 2. The number of benzene rings is 1. The van der Waals surface area contributed by atoms with Gasteiger partial charge in [0.05, 0.1) is 17.8 Å². The van der Waals surface area contributed by atoms with Crippen molar-refractivity contribution in [2.24, 2.45) is 23.2 Å². The van der Waals surface area contributed by atoms with Gasteiger partial charge in [-0.1, -0.05) is 25.1 Å². The first-order valence-electron chi connectivity index (χ1n) is 7.67. The average molecular weight is 281 g/mol. The second-order valence-corrected chi connectivity index (χ2v) is 7.25. The molecule has 2 aromatic rings. The fourth-order valence-electron chi connectivity index (χ4n) is 6.03. The first-order valence-corrected chi connectivity index (χ1v) is 7.67. The summed E-state index contributed by atoms with van der Waals surface area (Å²) in [7, 11) is 0. The van der Waals surface area contributed by atoms with Gasteiger partial charge in [0.25, 0.3) is 0 Å². The van der Waals surface area contributed by atoms with Crippen molar-refractivity contribution in [3.63, 3.8) is 0 Å². The third-order valence-electron chi connectivity index (χ3n) is 6.80. The predicted molar refractivity (Wildman–Crippen MR) is 75.6 cm³/mol. The fraction of sp³-hybridized carbons (Fsp3) is 0.500. The van der Waals surface area contributed by atoms with E-state index < -0.39 is 0 Å². The van der Waals surface area contributed by atoms with Crippen LogP contribution in [0.2, 0.25) is 0 Å². The summed E-state index contributed by atoms with van der Waals surface area (Å²) in [6, 6.07) is 9.78. The van der Waals surface area contributed by atoms with Crippen LogP contribution in [0.15, 0.2) is 39.9 Å². The molecule has 2 heterocycles. The van der Waals surface area contributed by atoms with Crippen molar-refractivity contribution < 1.29 is 0 Å². The lowest BCUT2D eigenvalue weighted by atomic mass is 9.66. The van der Waals surface area contributed by atoms with Crippen LogP contribution in [-0.4, -0.2) is 13.9 Å². The van der Waals surface area contributed by atoms with E-state index in [9.17, 15) is 9.59 Å². The van der Waals surface area contributed by atoms with Gasteiger partial charge in [-0.2, -0.15) is 0 Å². The summed E-state index contributed by atoms with van der Waals surface area (Å²) in [6.45, 7) is 2.30. The molecular weight excluding hydrogens is 266 g/mol. The standard InChI is InChI=1S/C16H15N3O2/c1-16-9-7-10-11(12(9)16)13(16)19-15(21)17(14(20)18(10)19)8-5-3-2-4-6-8/h2-6,9-13H,7H2,1H3/t9-,10-,11-,12-,13+,16-/m1/s1. The van der Waals surface area contributed by atoms with Crippen LogP contribution in [0, 0.1) is 23.2 Å². The summed E-state index contributed by atoms with van der Waals surface area (Å²) in [5, 5.41) is 0. The lowest BCUT2D eigenvalue weighted by Crippen LogP contribution is -2.42. The van der Waals surface area contributed by atoms with E-state index in [-0.39, 0.29) is 23.5 Å². The van der Waals surface area contributed by atoms with Crippen molar-refractivity contribution in [2.75, 3.05) is 0 Å². The number of hydrogen-bond donors (Lipinski definition) is 0. The average Bonchev–Trinajstić information content (AvgIpc) is 2.79. The van der Waals surface area contributed by atoms with E-state index in [1.807, 2.05) is 30.3 Å². The molecule has 1 aromatic heterocycles. The summed E-state index contributed by atoms with van der Waals surface area (Å²) < 4.78 is 4.90. The van der Waals surface area contributed by atoms with Crippen LogP contribution in [0.4, 0.5) is 0 Å². The maximum absolute atomic E-state index is 12.8. The van der Waals surface area contributed by atoms with E-state index in [0.29, 0.717) is 17.0 Å². The van der Waals surface area contributed by atoms with Crippen molar-refractivity contribution in [3.05, 3.63) is 51.3 Å². The zero-order valence-corrected chi connectivity index (χ0v) is 11.6. The van der Waals surface area contributed by atoms with Gasteiger partial charge < -0.3 is 0 Å². The lowest BCUT2D eigenvalue weighted by Gasteiger charge is -2.39. The summed E-state index contributed by atoms with van der Waals surface area (Å²) in [5.41, 5.74) is 0.648. The van der Waals surface area contributed by atoms with Gasteiger partial charge in [0.15, 0.2) is 0 Å². The van der Waals surface area contributed by atoms with E-state index in [0.717, 1.165) is 18.3 Å². The molecule has 0 spiro atoms. The molecule has 0 saturated heterocycles. The van der Waals surface area contributed by atoms with Gasteiger partial charge in [0.1, 0.15) is 0 Å². The summed E-state index contributed by atoms with van der Waals surface area (Å²) in [6.07, 6.45) is 1.08. The first-order chi connectivity index (χ1) is 10.2. The van der Waals surface area contributed by atoms with E-state index in [2.05, 4.69) is 6.92 Å². The van der Waals surface area contributed by atoms with E-state index in [4.69, 9.17) is 0 Å². The van der Waals surface area contributed by atoms with Crippen molar-refractivity contribution in [1.82, 2.24) is 13.9 Å². The molecule has 3 aliphatic carbocycles. The third kappa shape index (κ3) is 0.836. The molecule has 5 nitrogen and oxygen atoms in total. The van der Waals surface area contributed by atoms with Crippen LogP contribution in [0.5, 0.6) is 0 Å². The van der Waals surface area contributed by atoms with Crippen molar-refractivity contribution >= 4 is 0 Å². The second-order valence-electron chi connectivity index (χ2n) is 7.25. The summed E-state index contributed by atoms with van der Waals surface area (Å²) in [5.74, 6) is 2.06. The Hall–Kier alpha value is -2.04. The Morgan fingerprint density at radius 3 is 2.52 bits per heavy atom. The van der Waals surface area contributed by atoms with Crippen LogP contribution in [0.25, 0.3) is 5.69 Å². The van der Waals surface area contributed by atoms with Gasteiger partial charge in [-0.15, -0.1) is 0 Å². The van der Waals surface area contributed by atoms with Crippen molar-refractivity contribution in [3.8, 4) is 5.69 Å². The van der Waals surface area contributed by atoms with Gasteiger partial charge in [-0.05, 0) is 35.8 Å². The minimum absolute atomic E-state index is 0.157. The van der Waals surface area contributed by atoms with Crippen molar-refractivity contribution in [1.29, 1.82) is 0 Å². The number of rotatable bonds is 1. The second kappa shape index (κ2) is 2.80. The third-order valence-corrected chi connectivity index (χ3v) is 6.80. The van der Waals surface area contributed by atoms with Crippen LogP contribution < -0.4 is 11.4 Å². The molecule has 0 bridgehead atoms. The van der Waals surface area contributed by atoms with E-state index >= 15 is 0 Å². The topological polar surface area (TPSA) is 48.9 Å². The highest BCUT2D eigenvalue weighted by Gasteiger charge is 2.87.